The van der Waals surface area contributed by atoms with Crippen molar-refractivity contribution in [2.24, 2.45) is 0 Å². The number of nitrogens with one attached hydrogen (secondary N) is 1. The Morgan fingerprint density at radius 2 is 1.62 bits per heavy atom. The molecular formula is C13H21NO2. The van der Waals surface area contributed by atoms with Gasteiger partial charge in [-0.2, -0.15) is 0 Å². The summed E-state index contributed by atoms with van der Waals surface area (Å²) in [6, 6.07) is 6.36. The van der Waals surface area contributed by atoms with Crippen LogP contribution in [0.1, 0.15) is 31.9 Å². The molecule has 1 unspecified atom stereocenters. The van der Waals surface area contributed by atoms with E-state index in [9.17, 15) is 0 Å². The average Bonchev–Trinajstić information content (AvgIpc) is 2.35. The summed E-state index contributed by atoms with van der Waals surface area (Å²) in [4.78, 5) is 0. The second-order valence-electron chi connectivity index (χ2n) is 3.66. The summed E-state index contributed by atoms with van der Waals surface area (Å²) < 4.78 is 10.5. The molecule has 1 rings (SSSR count). The number of hydrogen-bond donors (Lipinski definition) is 1. The van der Waals surface area contributed by atoms with Crippen LogP contribution in [0.5, 0.6) is 11.5 Å². The van der Waals surface area contributed by atoms with E-state index in [-0.39, 0.29) is 0 Å². The minimum atomic E-state index is 0.356. The van der Waals surface area contributed by atoms with Crippen molar-refractivity contribution in [2.75, 3.05) is 20.8 Å². The van der Waals surface area contributed by atoms with Gasteiger partial charge in [-0.25, -0.2) is 0 Å². The SMILES string of the molecule is CCNC(CC)c1cc(OC)cc(OC)c1. The van der Waals surface area contributed by atoms with Gasteiger partial charge in [0.1, 0.15) is 11.5 Å². The highest BCUT2D eigenvalue weighted by Gasteiger charge is 2.10. The Kier molecular flexibility index (Phi) is 5.12. The van der Waals surface area contributed by atoms with E-state index in [0.717, 1.165) is 24.5 Å². The fourth-order valence-electron chi connectivity index (χ4n) is 1.77. The molecule has 1 aromatic carbocycles. The van der Waals surface area contributed by atoms with Gasteiger partial charge in [-0.05, 0) is 30.7 Å². The molecule has 0 spiro atoms. The summed E-state index contributed by atoms with van der Waals surface area (Å²) in [5.41, 5.74) is 1.21. The van der Waals surface area contributed by atoms with Crippen LogP contribution in [0.4, 0.5) is 0 Å². The standard InChI is InChI=1S/C13H21NO2/c1-5-13(14-6-2)10-7-11(15-3)9-12(8-10)16-4/h7-9,13-14H,5-6H2,1-4H3. The minimum absolute atomic E-state index is 0.356. The molecule has 0 aromatic heterocycles. The third-order valence-corrected chi connectivity index (χ3v) is 2.63. The Morgan fingerprint density at radius 3 is 2.00 bits per heavy atom. The average molecular weight is 223 g/mol. The molecule has 1 atom stereocenters. The molecular weight excluding hydrogens is 202 g/mol. The third-order valence-electron chi connectivity index (χ3n) is 2.63. The van der Waals surface area contributed by atoms with E-state index in [1.54, 1.807) is 14.2 Å². The zero-order valence-corrected chi connectivity index (χ0v) is 10.5. The lowest BCUT2D eigenvalue weighted by Gasteiger charge is -2.18. The Morgan fingerprint density at radius 1 is 1.06 bits per heavy atom. The maximum Gasteiger partial charge on any atom is 0.122 e. The molecule has 0 aliphatic heterocycles. The predicted octanol–water partition coefficient (Wildman–Crippen LogP) is 2.76. The van der Waals surface area contributed by atoms with E-state index in [1.165, 1.54) is 5.56 Å². The lowest BCUT2D eigenvalue weighted by atomic mass is 10.0. The van der Waals surface area contributed by atoms with Gasteiger partial charge in [0.15, 0.2) is 0 Å². The molecule has 90 valence electrons. The number of methoxy groups -OCH3 is 2. The van der Waals surface area contributed by atoms with Crippen LogP contribution in [0.25, 0.3) is 0 Å². The molecule has 0 saturated heterocycles. The van der Waals surface area contributed by atoms with E-state index < -0.39 is 0 Å². The molecule has 0 radical (unpaired) electrons. The predicted molar refractivity (Wildman–Crippen MR) is 66.3 cm³/mol. The van der Waals surface area contributed by atoms with Gasteiger partial charge in [-0.3, -0.25) is 0 Å². The van der Waals surface area contributed by atoms with Gasteiger partial charge in [-0.1, -0.05) is 13.8 Å². The molecule has 1 aromatic rings. The molecule has 0 aliphatic rings. The van der Waals surface area contributed by atoms with Crippen LogP contribution >= 0.6 is 0 Å². The van der Waals surface area contributed by atoms with Gasteiger partial charge in [0.05, 0.1) is 14.2 Å². The molecule has 16 heavy (non-hydrogen) atoms. The molecule has 1 N–H and O–H groups in total. The summed E-state index contributed by atoms with van der Waals surface area (Å²) in [6.07, 6.45) is 1.05. The topological polar surface area (TPSA) is 30.5 Å². The van der Waals surface area contributed by atoms with Gasteiger partial charge in [0.2, 0.25) is 0 Å². The zero-order chi connectivity index (χ0) is 12.0. The van der Waals surface area contributed by atoms with E-state index >= 15 is 0 Å². The van der Waals surface area contributed by atoms with Gasteiger partial charge in [0, 0.05) is 12.1 Å². The molecule has 3 heteroatoms. The van der Waals surface area contributed by atoms with Crippen molar-refractivity contribution in [3.8, 4) is 11.5 Å². The summed E-state index contributed by atoms with van der Waals surface area (Å²) in [5, 5.41) is 3.44. The Balaban J connectivity index is 3.00. The maximum atomic E-state index is 5.26. The van der Waals surface area contributed by atoms with Crippen LogP contribution in [0.2, 0.25) is 0 Å². The number of hydrogen-bond acceptors (Lipinski definition) is 3. The first-order valence-electron chi connectivity index (χ1n) is 5.71. The molecule has 3 nitrogen and oxygen atoms in total. The first kappa shape index (κ1) is 12.8. The second kappa shape index (κ2) is 6.38. The summed E-state index contributed by atoms with van der Waals surface area (Å²) in [6.45, 7) is 5.23. The molecule has 0 fully saturated rings. The highest BCUT2D eigenvalue weighted by Crippen LogP contribution is 2.27. The summed E-state index contributed by atoms with van der Waals surface area (Å²) in [5.74, 6) is 1.68. The number of rotatable bonds is 6. The van der Waals surface area contributed by atoms with Crippen LogP contribution in [0.15, 0.2) is 18.2 Å². The maximum absolute atomic E-state index is 5.26. The lowest BCUT2D eigenvalue weighted by molar-refractivity contribution is 0.391. The lowest BCUT2D eigenvalue weighted by Crippen LogP contribution is -2.20. The number of ether oxygens (including phenoxy) is 2. The van der Waals surface area contributed by atoms with Crippen LogP contribution in [0, 0.1) is 0 Å². The highest BCUT2D eigenvalue weighted by atomic mass is 16.5. The van der Waals surface area contributed by atoms with E-state index in [4.69, 9.17) is 9.47 Å². The smallest absolute Gasteiger partial charge is 0.122 e. The van der Waals surface area contributed by atoms with E-state index in [2.05, 4.69) is 31.3 Å². The van der Waals surface area contributed by atoms with Crippen molar-refractivity contribution in [3.63, 3.8) is 0 Å². The van der Waals surface area contributed by atoms with E-state index in [1.807, 2.05) is 6.07 Å². The molecule has 0 bridgehead atoms. The van der Waals surface area contributed by atoms with Crippen molar-refractivity contribution in [1.29, 1.82) is 0 Å². The fraction of sp³-hybridized carbons (Fsp3) is 0.538. The summed E-state index contributed by atoms with van der Waals surface area (Å²) >= 11 is 0. The Bertz CT molecular complexity index is 303. The molecule has 0 aliphatic carbocycles. The zero-order valence-electron chi connectivity index (χ0n) is 10.5. The van der Waals surface area contributed by atoms with Crippen LogP contribution < -0.4 is 14.8 Å². The minimum Gasteiger partial charge on any atom is -0.497 e. The monoisotopic (exact) mass is 223 g/mol. The van der Waals surface area contributed by atoms with Crippen molar-refractivity contribution in [2.45, 2.75) is 26.3 Å². The molecule has 0 saturated carbocycles. The van der Waals surface area contributed by atoms with Gasteiger partial charge < -0.3 is 14.8 Å². The highest BCUT2D eigenvalue weighted by molar-refractivity contribution is 5.39. The largest absolute Gasteiger partial charge is 0.497 e. The van der Waals surface area contributed by atoms with Crippen molar-refractivity contribution < 1.29 is 9.47 Å². The van der Waals surface area contributed by atoms with Gasteiger partial charge >= 0.3 is 0 Å². The number of benzene rings is 1. The molecule has 0 amide bonds. The molecule has 0 heterocycles. The quantitative estimate of drug-likeness (QED) is 0.804. The normalized spacial score (nSPS) is 12.2. The first-order chi connectivity index (χ1) is 7.74. The van der Waals surface area contributed by atoms with Crippen molar-refractivity contribution >= 4 is 0 Å². The third kappa shape index (κ3) is 3.14. The first-order valence-corrected chi connectivity index (χ1v) is 5.71. The fourth-order valence-corrected chi connectivity index (χ4v) is 1.77. The van der Waals surface area contributed by atoms with Crippen molar-refractivity contribution in [1.82, 2.24) is 5.32 Å². The second-order valence-corrected chi connectivity index (χ2v) is 3.66. The van der Waals surface area contributed by atoms with Crippen LogP contribution in [-0.4, -0.2) is 20.8 Å². The van der Waals surface area contributed by atoms with Gasteiger partial charge in [0.25, 0.3) is 0 Å². The van der Waals surface area contributed by atoms with Crippen LogP contribution in [0.3, 0.4) is 0 Å². The van der Waals surface area contributed by atoms with Crippen molar-refractivity contribution in [3.05, 3.63) is 23.8 Å². The van der Waals surface area contributed by atoms with Crippen LogP contribution in [-0.2, 0) is 0 Å². The Hall–Kier alpha value is -1.22. The Labute approximate surface area is 97.8 Å². The van der Waals surface area contributed by atoms with E-state index in [0.29, 0.717) is 6.04 Å². The summed E-state index contributed by atoms with van der Waals surface area (Å²) in [7, 11) is 3.35. The van der Waals surface area contributed by atoms with Gasteiger partial charge in [-0.15, -0.1) is 0 Å².